The molecule has 0 N–H and O–H groups in total. The Morgan fingerprint density at radius 2 is 1.71 bits per heavy atom. The standard InChI is InChI=1S/C21H16F3N3O/c22-21(23,24)16-8-4-7-15(9-16)18-10-17-19(26-25-18)12-27(13-20(17)28)11-14-5-2-1-3-6-14/h1-10H,11-13H2. The summed E-state index contributed by atoms with van der Waals surface area (Å²) >= 11 is 0. The first-order valence-electron chi connectivity index (χ1n) is 8.74. The summed E-state index contributed by atoms with van der Waals surface area (Å²) in [5, 5.41) is 8.20. The highest BCUT2D eigenvalue weighted by Gasteiger charge is 2.31. The van der Waals surface area contributed by atoms with E-state index in [9.17, 15) is 18.0 Å². The molecule has 142 valence electrons. The van der Waals surface area contributed by atoms with Gasteiger partial charge < -0.3 is 0 Å². The highest BCUT2D eigenvalue weighted by molar-refractivity contribution is 6.00. The van der Waals surface area contributed by atoms with E-state index in [0.29, 0.717) is 24.3 Å². The average Bonchev–Trinajstić information content (AvgIpc) is 2.68. The zero-order chi connectivity index (χ0) is 19.7. The van der Waals surface area contributed by atoms with Crippen molar-refractivity contribution in [3.63, 3.8) is 0 Å². The molecule has 0 spiro atoms. The third-order valence-electron chi connectivity index (χ3n) is 4.65. The lowest BCUT2D eigenvalue weighted by Crippen LogP contribution is -2.35. The molecule has 0 radical (unpaired) electrons. The van der Waals surface area contributed by atoms with Crippen LogP contribution in [0.25, 0.3) is 11.3 Å². The largest absolute Gasteiger partial charge is 0.416 e. The second-order valence-corrected chi connectivity index (χ2v) is 6.72. The first-order chi connectivity index (χ1) is 13.4. The number of rotatable bonds is 3. The number of carbonyl (C=O) groups excluding carboxylic acids is 1. The van der Waals surface area contributed by atoms with Crippen molar-refractivity contribution in [2.45, 2.75) is 19.3 Å². The van der Waals surface area contributed by atoms with E-state index in [4.69, 9.17) is 0 Å². The maximum atomic E-state index is 12.9. The quantitative estimate of drug-likeness (QED) is 0.674. The van der Waals surface area contributed by atoms with Gasteiger partial charge in [-0.1, -0.05) is 42.5 Å². The Labute approximate surface area is 159 Å². The molecule has 0 amide bonds. The number of benzene rings is 2. The first kappa shape index (κ1) is 18.3. The molecule has 1 aromatic heterocycles. The van der Waals surface area contributed by atoms with Crippen LogP contribution in [0.4, 0.5) is 13.2 Å². The Balaban J connectivity index is 1.60. The molecule has 0 saturated carbocycles. The van der Waals surface area contributed by atoms with Gasteiger partial charge in [0.25, 0.3) is 0 Å². The number of ketones is 1. The van der Waals surface area contributed by atoms with Crippen molar-refractivity contribution in [1.29, 1.82) is 0 Å². The summed E-state index contributed by atoms with van der Waals surface area (Å²) in [5.74, 6) is -0.111. The maximum absolute atomic E-state index is 12.9. The van der Waals surface area contributed by atoms with Crippen LogP contribution >= 0.6 is 0 Å². The fourth-order valence-electron chi connectivity index (χ4n) is 3.28. The van der Waals surface area contributed by atoms with E-state index in [1.807, 2.05) is 35.2 Å². The smallest absolute Gasteiger partial charge is 0.293 e. The zero-order valence-electron chi connectivity index (χ0n) is 14.8. The van der Waals surface area contributed by atoms with E-state index in [-0.39, 0.29) is 23.6 Å². The number of alkyl halides is 3. The molecule has 7 heteroatoms. The van der Waals surface area contributed by atoms with Crippen molar-refractivity contribution in [3.05, 3.63) is 83.0 Å². The molecule has 0 atom stereocenters. The van der Waals surface area contributed by atoms with Crippen LogP contribution in [0.15, 0.2) is 60.7 Å². The third-order valence-corrected chi connectivity index (χ3v) is 4.65. The Hall–Kier alpha value is -3.06. The van der Waals surface area contributed by atoms with Gasteiger partial charge in [0.1, 0.15) is 0 Å². The van der Waals surface area contributed by atoms with Crippen molar-refractivity contribution in [3.8, 4) is 11.3 Å². The number of nitrogens with zero attached hydrogens (tertiary/aromatic N) is 3. The second-order valence-electron chi connectivity index (χ2n) is 6.72. The summed E-state index contributed by atoms with van der Waals surface area (Å²) in [4.78, 5) is 14.6. The van der Waals surface area contributed by atoms with E-state index < -0.39 is 11.7 Å². The number of Topliss-reactive ketones (excluding diaryl/α,β-unsaturated/α-hetero) is 1. The van der Waals surface area contributed by atoms with Gasteiger partial charge >= 0.3 is 6.18 Å². The van der Waals surface area contributed by atoms with Crippen LogP contribution < -0.4 is 0 Å². The zero-order valence-corrected chi connectivity index (χ0v) is 14.8. The molecule has 3 aromatic rings. The first-order valence-corrected chi connectivity index (χ1v) is 8.74. The highest BCUT2D eigenvalue weighted by Crippen LogP contribution is 2.32. The molecular weight excluding hydrogens is 367 g/mol. The van der Waals surface area contributed by atoms with Crippen LogP contribution in [-0.2, 0) is 19.3 Å². The molecule has 2 heterocycles. The minimum Gasteiger partial charge on any atom is -0.293 e. The van der Waals surface area contributed by atoms with Crippen LogP contribution in [0.2, 0.25) is 0 Å². The number of hydrogen-bond acceptors (Lipinski definition) is 4. The molecule has 0 saturated heterocycles. The lowest BCUT2D eigenvalue weighted by Gasteiger charge is -2.26. The summed E-state index contributed by atoms with van der Waals surface area (Å²) in [6.45, 7) is 1.31. The highest BCUT2D eigenvalue weighted by atomic mass is 19.4. The van der Waals surface area contributed by atoms with Crippen LogP contribution in [0, 0.1) is 0 Å². The van der Waals surface area contributed by atoms with E-state index >= 15 is 0 Å². The molecule has 0 fully saturated rings. The van der Waals surface area contributed by atoms with E-state index in [0.717, 1.165) is 17.7 Å². The van der Waals surface area contributed by atoms with Gasteiger partial charge in [-0.3, -0.25) is 9.69 Å². The van der Waals surface area contributed by atoms with Crippen molar-refractivity contribution in [1.82, 2.24) is 15.1 Å². The number of aromatic nitrogens is 2. The fourth-order valence-corrected chi connectivity index (χ4v) is 3.28. The molecular formula is C21H16F3N3O. The Morgan fingerprint density at radius 1 is 0.929 bits per heavy atom. The molecule has 1 aliphatic heterocycles. The summed E-state index contributed by atoms with van der Waals surface area (Å²) in [5.41, 5.74) is 1.84. The molecule has 4 nitrogen and oxygen atoms in total. The van der Waals surface area contributed by atoms with Crippen LogP contribution in [0.5, 0.6) is 0 Å². The third kappa shape index (κ3) is 3.80. The molecule has 0 unspecified atom stereocenters. The molecule has 0 bridgehead atoms. The van der Waals surface area contributed by atoms with Crippen molar-refractivity contribution in [2.75, 3.05) is 6.54 Å². The topological polar surface area (TPSA) is 46.1 Å². The molecule has 4 rings (SSSR count). The summed E-state index contributed by atoms with van der Waals surface area (Å²) in [6.07, 6.45) is -4.44. The van der Waals surface area contributed by atoms with Crippen molar-refractivity contribution in [2.24, 2.45) is 0 Å². The predicted molar refractivity (Wildman–Crippen MR) is 97.4 cm³/mol. The SMILES string of the molecule is O=C1CN(Cc2ccccc2)Cc2nnc(-c3cccc(C(F)(F)F)c3)cc21. The summed E-state index contributed by atoms with van der Waals surface area (Å²) in [6, 6.07) is 16.2. The van der Waals surface area contributed by atoms with Crippen LogP contribution in [0.1, 0.15) is 27.2 Å². The van der Waals surface area contributed by atoms with Gasteiger partial charge in [0.15, 0.2) is 5.78 Å². The van der Waals surface area contributed by atoms with E-state index in [1.54, 1.807) is 6.07 Å². The molecule has 1 aliphatic rings. The van der Waals surface area contributed by atoms with Gasteiger partial charge in [-0.25, -0.2) is 0 Å². The predicted octanol–water partition coefficient (Wildman–Crippen LogP) is 4.36. The monoisotopic (exact) mass is 383 g/mol. The number of carbonyl (C=O) groups is 1. The van der Waals surface area contributed by atoms with Gasteiger partial charge in [-0.2, -0.15) is 23.4 Å². The lowest BCUT2D eigenvalue weighted by atomic mass is 10.0. The Morgan fingerprint density at radius 3 is 2.46 bits per heavy atom. The number of fused-ring (bicyclic) bond motifs is 1. The average molecular weight is 383 g/mol. The Bertz CT molecular complexity index is 1020. The van der Waals surface area contributed by atoms with Gasteiger partial charge in [0, 0.05) is 24.2 Å². The minimum atomic E-state index is -4.44. The molecule has 2 aromatic carbocycles. The van der Waals surface area contributed by atoms with E-state index in [1.165, 1.54) is 12.1 Å². The van der Waals surface area contributed by atoms with Crippen LogP contribution in [0.3, 0.4) is 0 Å². The maximum Gasteiger partial charge on any atom is 0.416 e. The van der Waals surface area contributed by atoms with Gasteiger partial charge in [0.05, 0.1) is 23.5 Å². The van der Waals surface area contributed by atoms with Gasteiger partial charge in [0.2, 0.25) is 0 Å². The number of halogens is 3. The van der Waals surface area contributed by atoms with Gasteiger partial charge in [-0.15, -0.1) is 0 Å². The minimum absolute atomic E-state index is 0.111. The van der Waals surface area contributed by atoms with Crippen molar-refractivity contribution < 1.29 is 18.0 Å². The molecule has 28 heavy (non-hydrogen) atoms. The van der Waals surface area contributed by atoms with Gasteiger partial charge in [-0.05, 0) is 23.8 Å². The summed E-state index contributed by atoms with van der Waals surface area (Å²) in [7, 11) is 0. The molecule has 0 aliphatic carbocycles. The normalized spacial score (nSPS) is 14.8. The van der Waals surface area contributed by atoms with Crippen LogP contribution in [-0.4, -0.2) is 27.4 Å². The lowest BCUT2D eigenvalue weighted by molar-refractivity contribution is -0.137. The fraction of sp³-hybridized carbons (Fsp3) is 0.190. The van der Waals surface area contributed by atoms with E-state index in [2.05, 4.69) is 10.2 Å². The summed E-state index contributed by atoms with van der Waals surface area (Å²) < 4.78 is 38.8. The number of hydrogen-bond donors (Lipinski definition) is 0. The Kier molecular flexibility index (Phi) is 4.68. The van der Waals surface area contributed by atoms with Crippen molar-refractivity contribution >= 4 is 5.78 Å². The second kappa shape index (κ2) is 7.16.